The van der Waals surface area contributed by atoms with E-state index in [1.54, 1.807) is 0 Å². The lowest BCUT2D eigenvalue weighted by atomic mass is 9.84. The number of aromatic nitrogens is 3. The zero-order chi connectivity index (χ0) is 16.6. The summed E-state index contributed by atoms with van der Waals surface area (Å²) in [6.45, 7) is 6.19. The fraction of sp³-hybridized carbons (Fsp3) is 0.812. The number of nitrogens with zero attached hydrogens (tertiary/aromatic N) is 3. The summed E-state index contributed by atoms with van der Waals surface area (Å²) in [7, 11) is 0. The molecule has 7 heteroatoms. The molecule has 1 aromatic heterocycles. The Morgan fingerprint density at radius 2 is 2.13 bits per heavy atom. The van der Waals surface area contributed by atoms with Crippen molar-refractivity contribution in [3.8, 4) is 0 Å². The summed E-state index contributed by atoms with van der Waals surface area (Å²) in [4.78, 5) is 12.2. The third-order valence-electron chi connectivity index (χ3n) is 5.36. The second-order valence-corrected chi connectivity index (χ2v) is 8.29. The number of hydrogen-bond donors (Lipinski definition) is 2. The van der Waals surface area contributed by atoms with Gasteiger partial charge in [-0.2, -0.15) is 0 Å². The van der Waals surface area contributed by atoms with Gasteiger partial charge in [-0.05, 0) is 43.9 Å². The standard InChI is InChI=1S/C16H27N5OS/c1-9(2)15-19-20-16(21(15)17)23-8-14(22)18-10(3)13-7-11-4-5-12(13)6-11/h9-13H,4-8,17H2,1-3H3,(H,18,22)/t10-,11-,12-,13+/m0/s1. The molecule has 3 N–H and O–H groups in total. The summed E-state index contributed by atoms with van der Waals surface area (Å²) in [5, 5.41) is 11.9. The Hall–Kier alpha value is -1.24. The summed E-state index contributed by atoms with van der Waals surface area (Å²) in [6.07, 6.45) is 5.39. The molecule has 0 unspecified atom stereocenters. The lowest BCUT2D eigenvalue weighted by Crippen LogP contribution is -2.41. The first-order valence-corrected chi connectivity index (χ1v) is 9.56. The van der Waals surface area contributed by atoms with Crippen molar-refractivity contribution in [3.63, 3.8) is 0 Å². The molecule has 2 saturated carbocycles. The Bertz CT molecular complexity index is 573. The first-order chi connectivity index (χ1) is 11.0. The molecule has 0 radical (unpaired) electrons. The first-order valence-electron chi connectivity index (χ1n) is 8.58. The Morgan fingerprint density at radius 1 is 1.35 bits per heavy atom. The molecule has 2 aliphatic rings. The van der Waals surface area contributed by atoms with Crippen molar-refractivity contribution in [3.05, 3.63) is 5.82 Å². The van der Waals surface area contributed by atoms with Crippen LogP contribution in [0.15, 0.2) is 5.16 Å². The molecule has 1 amide bonds. The van der Waals surface area contributed by atoms with Crippen LogP contribution in [0.5, 0.6) is 0 Å². The number of fused-ring (bicyclic) bond motifs is 2. The van der Waals surface area contributed by atoms with Crippen LogP contribution in [0, 0.1) is 17.8 Å². The predicted molar refractivity (Wildman–Crippen MR) is 91.5 cm³/mol. The number of thioether (sulfide) groups is 1. The van der Waals surface area contributed by atoms with E-state index in [0.717, 1.165) is 17.7 Å². The molecule has 3 rings (SSSR count). The van der Waals surface area contributed by atoms with Crippen molar-refractivity contribution in [1.29, 1.82) is 0 Å². The molecular formula is C16H27N5OS. The second kappa shape index (κ2) is 6.71. The van der Waals surface area contributed by atoms with Crippen molar-refractivity contribution in [2.24, 2.45) is 17.8 Å². The van der Waals surface area contributed by atoms with Gasteiger partial charge in [-0.3, -0.25) is 4.79 Å². The Balaban J connectivity index is 1.48. The van der Waals surface area contributed by atoms with Crippen LogP contribution in [-0.4, -0.2) is 32.6 Å². The number of hydrogen-bond acceptors (Lipinski definition) is 5. The molecule has 1 aromatic rings. The van der Waals surface area contributed by atoms with Gasteiger partial charge in [-0.1, -0.05) is 32.0 Å². The molecule has 2 fully saturated rings. The van der Waals surface area contributed by atoms with Crippen LogP contribution in [-0.2, 0) is 4.79 Å². The first kappa shape index (κ1) is 16.6. The van der Waals surface area contributed by atoms with Crippen molar-refractivity contribution in [2.45, 2.75) is 63.6 Å². The van der Waals surface area contributed by atoms with Crippen LogP contribution in [0.2, 0.25) is 0 Å². The van der Waals surface area contributed by atoms with E-state index in [1.807, 2.05) is 13.8 Å². The number of nitrogen functional groups attached to an aromatic ring is 1. The van der Waals surface area contributed by atoms with Crippen LogP contribution >= 0.6 is 11.8 Å². The average molecular weight is 337 g/mol. The minimum absolute atomic E-state index is 0.0550. The lowest BCUT2D eigenvalue weighted by molar-refractivity contribution is -0.119. The molecule has 0 aliphatic heterocycles. The normalized spacial score (nSPS) is 27.6. The van der Waals surface area contributed by atoms with E-state index in [1.165, 1.54) is 42.1 Å². The molecule has 0 saturated heterocycles. The SMILES string of the molecule is CC(C)c1nnc(SCC(=O)N[C@@H](C)[C@H]2C[C@H]3CC[C@H]2C3)n1N. The summed E-state index contributed by atoms with van der Waals surface area (Å²) in [5.74, 6) is 9.70. The number of nitrogens with one attached hydrogen (secondary N) is 1. The van der Waals surface area contributed by atoms with Crippen LogP contribution in [0.4, 0.5) is 0 Å². The van der Waals surface area contributed by atoms with Crippen LogP contribution < -0.4 is 11.2 Å². The molecular weight excluding hydrogens is 310 g/mol. The maximum absolute atomic E-state index is 12.2. The van der Waals surface area contributed by atoms with Gasteiger partial charge in [-0.15, -0.1) is 10.2 Å². The van der Waals surface area contributed by atoms with Crippen LogP contribution in [0.1, 0.15) is 58.2 Å². The summed E-state index contributed by atoms with van der Waals surface area (Å²) in [6, 6.07) is 0.264. The smallest absolute Gasteiger partial charge is 0.230 e. The van der Waals surface area contributed by atoms with E-state index in [4.69, 9.17) is 5.84 Å². The number of carbonyl (C=O) groups excluding carboxylic acids is 1. The van der Waals surface area contributed by atoms with E-state index < -0.39 is 0 Å². The highest BCUT2D eigenvalue weighted by Crippen LogP contribution is 2.49. The summed E-state index contributed by atoms with van der Waals surface area (Å²) >= 11 is 1.35. The molecule has 6 nitrogen and oxygen atoms in total. The van der Waals surface area contributed by atoms with Crippen LogP contribution in [0.25, 0.3) is 0 Å². The Morgan fingerprint density at radius 3 is 2.70 bits per heavy atom. The monoisotopic (exact) mass is 337 g/mol. The number of carbonyl (C=O) groups is 1. The zero-order valence-corrected chi connectivity index (χ0v) is 15.0. The molecule has 0 aromatic carbocycles. The highest BCUT2D eigenvalue weighted by molar-refractivity contribution is 7.99. The van der Waals surface area contributed by atoms with Gasteiger partial charge in [-0.25, -0.2) is 4.68 Å². The molecule has 0 spiro atoms. The quantitative estimate of drug-likeness (QED) is 0.613. The fourth-order valence-electron chi connectivity index (χ4n) is 4.22. The van der Waals surface area contributed by atoms with Crippen LogP contribution in [0.3, 0.4) is 0 Å². The minimum atomic E-state index is 0.0550. The maximum atomic E-state index is 12.2. The summed E-state index contributed by atoms with van der Waals surface area (Å²) < 4.78 is 1.49. The van der Waals surface area contributed by atoms with Crippen molar-refractivity contribution < 1.29 is 4.79 Å². The van der Waals surface area contributed by atoms with Crippen molar-refractivity contribution >= 4 is 17.7 Å². The van der Waals surface area contributed by atoms with Gasteiger partial charge >= 0.3 is 0 Å². The second-order valence-electron chi connectivity index (χ2n) is 7.35. The number of rotatable bonds is 6. The number of amides is 1. The van der Waals surface area contributed by atoms with E-state index in [-0.39, 0.29) is 17.9 Å². The van der Waals surface area contributed by atoms with Crippen molar-refractivity contribution in [1.82, 2.24) is 20.2 Å². The zero-order valence-electron chi connectivity index (χ0n) is 14.2. The minimum Gasteiger partial charge on any atom is -0.353 e. The van der Waals surface area contributed by atoms with Gasteiger partial charge < -0.3 is 11.2 Å². The third-order valence-corrected chi connectivity index (χ3v) is 6.31. The molecule has 23 heavy (non-hydrogen) atoms. The Labute approximate surface area is 142 Å². The van der Waals surface area contributed by atoms with Crippen molar-refractivity contribution in [2.75, 3.05) is 11.6 Å². The Kier molecular flexibility index (Phi) is 4.85. The van der Waals surface area contributed by atoms with Gasteiger partial charge in [0.1, 0.15) is 0 Å². The molecule has 1 heterocycles. The third kappa shape index (κ3) is 3.49. The highest BCUT2D eigenvalue weighted by Gasteiger charge is 2.42. The maximum Gasteiger partial charge on any atom is 0.230 e. The van der Waals surface area contributed by atoms with Gasteiger partial charge in [0.15, 0.2) is 5.82 Å². The number of nitrogens with two attached hydrogens (primary N) is 1. The van der Waals surface area contributed by atoms with E-state index in [2.05, 4.69) is 22.4 Å². The molecule has 2 aliphatic carbocycles. The molecule has 128 valence electrons. The largest absolute Gasteiger partial charge is 0.353 e. The van der Waals surface area contributed by atoms with E-state index >= 15 is 0 Å². The van der Waals surface area contributed by atoms with E-state index in [9.17, 15) is 4.79 Å². The molecule has 4 atom stereocenters. The highest BCUT2D eigenvalue weighted by atomic mass is 32.2. The fourth-order valence-corrected chi connectivity index (χ4v) is 4.89. The summed E-state index contributed by atoms with van der Waals surface area (Å²) in [5.41, 5.74) is 0. The van der Waals surface area contributed by atoms with Gasteiger partial charge in [0.2, 0.25) is 11.1 Å². The van der Waals surface area contributed by atoms with Gasteiger partial charge in [0.05, 0.1) is 5.75 Å². The van der Waals surface area contributed by atoms with E-state index in [0.29, 0.717) is 16.8 Å². The topological polar surface area (TPSA) is 85.8 Å². The van der Waals surface area contributed by atoms with Gasteiger partial charge in [0.25, 0.3) is 0 Å². The molecule has 2 bridgehead atoms. The lowest BCUT2D eigenvalue weighted by Gasteiger charge is -2.28. The average Bonchev–Trinajstić information content (AvgIpc) is 3.20. The van der Waals surface area contributed by atoms with Gasteiger partial charge in [0, 0.05) is 12.0 Å². The predicted octanol–water partition coefficient (Wildman–Crippen LogP) is 2.15.